The fourth-order valence-electron chi connectivity index (χ4n) is 2.58. The van der Waals surface area contributed by atoms with Crippen molar-refractivity contribution in [3.8, 4) is 6.07 Å². The number of aromatic nitrogens is 2. The number of fused-ring (bicyclic) bond motifs is 1. The van der Waals surface area contributed by atoms with Gasteiger partial charge in [-0.15, -0.1) is 0 Å². The number of aromatic amines is 1. The number of nitrogens with zero attached hydrogens (tertiary/aromatic N) is 2. The number of para-hydroxylation sites is 1. The SMILES string of the molecule is N#Cc1c[nH]c2c(NS(=O)(=O)c3onc(C4CC4)c3Cl)cccc12. The van der Waals surface area contributed by atoms with Gasteiger partial charge in [0.2, 0.25) is 0 Å². The van der Waals surface area contributed by atoms with Crippen molar-refractivity contribution in [2.24, 2.45) is 0 Å². The lowest BCUT2D eigenvalue weighted by molar-refractivity contribution is 0.335. The van der Waals surface area contributed by atoms with Gasteiger partial charge in [-0.25, -0.2) is 0 Å². The van der Waals surface area contributed by atoms with Gasteiger partial charge in [-0.2, -0.15) is 13.7 Å². The smallest absolute Gasteiger partial charge is 0.299 e. The Labute approximate surface area is 142 Å². The summed E-state index contributed by atoms with van der Waals surface area (Å²) in [5.41, 5.74) is 1.73. The Bertz CT molecular complexity index is 1090. The van der Waals surface area contributed by atoms with Gasteiger partial charge in [-0.1, -0.05) is 28.9 Å². The van der Waals surface area contributed by atoms with E-state index in [2.05, 4.69) is 14.9 Å². The Balaban J connectivity index is 1.75. The summed E-state index contributed by atoms with van der Waals surface area (Å²) in [6.07, 6.45) is 3.38. The molecule has 0 radical (unpaired) electrons. The molecule has 3 aromatic rings. The summed E-state index contributed by atoms with van der Waals surface area (Å²) in [7, 11) is -4.03. The lowest BCUT2D eigenvalue weighted by Gasteiger charge is -2.07. The normalized spacial score (nSPS) is 14.7. The molecule has 1 saturated carbocycles. The summed E-state index contributed by atoms with van der Waals surface area (Å²) < 4.78 is 32.6. The second kappa shape index (κ2) is 5.26. The molecule has 1 fully saturated rings. The van der Waals surface area contributed by atoms with Gasteiger partial charge >= 0.3 is 0 Å². The number of benzene rings is 1. The van der Waals surface area contributed by atoms with Crippen LogP contribution in [0.5, 0.6) is 0 Å². The van der Waals surface area contributed by atoms with Gasteiger partial charge in [-0.3, -0.25) is 4.72 Å². The van der Waals surface area contributed by atoms with Gasteiger partial charge in [-0.05, 0) is 18.9 Å². The minimum absolute atomic E-state index is 0.0291. The van der Waals surface area contributed by atoms with E-state index in [1.807, 2.05) is 6.07 Å². The predicted octanol–water partition coefficient (Wildman–Crippen LogP) is 3.36. The van der Waals surface area contributed by atoms with Crippen LogP contribution in [0.3, 0.4) is 0 Å². The maximum atomic E-state index is 12.6. The molecule has 0 aliphatic heterocycles. The number of hydrogen-bond acceptors (Lipinski definition) is 5. The molecule has 1 aromatic carbocycles. The molecule has 1 aliphatic carbocycles. The summed E-state index contributed by atoms with van der Waals surface area (Å²) in [5.74, 6) is 0.176. The Hall–Kier alpha value is -2.50. The first-order valence-corrected chi connectivity index (χ1v) is 9.05. The third kappa shape index (κ3) is 2.33. The van der Waals surface area contributed by atoms with Crippen molar-refractivity contribution in [1.82, 2.24) is 10.1 Å². The zero-order valence-electron chi connectivity index (χ0n) is 12.2. The van der Waals surface area contributed by atoms with Crippen LogP contribution < -0.4 is 4.72 Å². The topological polar surface area (TPSA) is 112 Å². The Morgan fingerprint density at radius 1 is 1.42 bits per heavy atom. The zero-order valence-corrected chi connectivity index (χ0v) is 13.8. The molecular formula is C15H11ClN4O3S. The minimum Gasteiger partial charge on any atom is -0.358 e. The summed E-state index contributed by atoms with van der Waals surface area (Å²) in [5, 5.41) is 13.1. The first-order valence-electron chi connectivity index (χ1n) is 7.19. The predicted molar refractivity (Wildman–Crippen MR) is 87.3 cm³/mol. The summed E-state index contributed by atoms with van der Waals surface area (Å²) in [4.78, 5) is 2.90. The number of anilines is 1. The molecule has 24 heavy (non-hydrogen) atoms. The van der Waals surface area contributed by atoms with Crippen molar-refractivity contribution in [3.05, 3.63) is 40.7 Å². The van der Waals surface area contributed by atoms with Gasteiger partial charge in [0.15, 0.2) is 0 Å². The van der Waals surface area contributed by atoms with Crippen molar-refractivity contribution in [2.45, 2.75) is 23.9 Å². The average molecular weight is 363 g/mol. The molecule has 0 bridgehead atoms. The van der Waals surface area contributed by atoms with E-state index in [0.717, 1.165) is 12.8 Å². The molecule has 4 rings (SSSR count). The quantitative estimate of drug-likeness (QED) is 0.739. The lowest BCUT2D eigenvalue weighted by atomic mass is 10.2. The number of sulfonamides is 1. The van der Waals surface area contributed by atoms with Gasteiger partial charge in [0.1, 0.15) is 16.8 Å². The van der Waals surface area contributed by atoms with Crippen molar-refractivity contribution in [1.29, 1.82) is 5.26 Å². The van der Waals surface area contributed by atoms with Gasteiger partial charge in [0.25, 0.3) is 15.1 Å². The fourth-order valence-corrected chi connectivity index (χ4v) is 4.13. The maximum Gasteiger partial charge on any atom is 0.299 e. The molecule has 0 saturated heterocycles. The molecule has 1 aliphatic rings. The van der Waals surface area contributed by atoms with E-state index in [0.29, 0.717) is 27.8 Å². The van der Waals surface area contributed by atoms with E-state index in [-0.39, 0.29) is 10.9 Å². The van der Waals surface area contributed by atoms with Crippen molar-refractivity contribution in [3.63, 3.8) is 0 Å². The highest BCUT2D eigenvalue weighted by Gasteiger charge is 2.35. The van der Waals surface area contributed by atoms with Crippen molar-refractivity contribution in [2.75, 3.05) is 4.72 Å². The number of rotatable bonds is 4. The number of hydrogen-bond donors (Lipinski definition) is 2. The molecule has 2 N–H and O–H groups in total. The number of H-pyrrole nitrogens is 1. The van der Waals surface area contributed by atoms with E-state index in [1.165, 1.54) is 6.20 Å². The molecule has 0 unspecified atom stereocenters. The zero-order chi connectivity index (χ0) is 16.9. The highest BCUT2D eigenvalue weighted by Crippen LogP contribution is 2.44. The van der Waals surface area contributed by atoms with Gasteiger partial charge in [0, 0.05) is 17.5 Å². The van der Waals surface area contributed by atoms with Crippen molar-refractivity contribution < 1.29 is 12.9 Å². The summed E-state index contributed by atoms with van der Waals surface area (Å²) in [6, 6.07) is 7.02. The van der Waals surface area contributed by atoms with Crippen LogP contribution in [0.2, 0.25) is 5.02 Å². The number of nitriles is 1. The summed E-state index contributed by atoms with van der Waals surface area (Å²) in [6.45, 7) is 0. The van der Waals surface area contributed by atoms with E-state index in [9.17, 15) is 8.42 Å². The van der Waals surface area contributed by atoms with Crippen molar-refractivity contribution >= 4 is 38.2 Å². The van der Waals surface area contributed by atoms with Gasteiger partial charge in [0.05, 0.1) is 16.8 Å². The Kier molecular flexibility index (Phi) is 3.30. The average Bonchev–Trinajstić information content (AvgIpc) is 3.17. The number of nitrogens with one attached hydrogen (secondary N) is 2. The molecule has 9 heteroatoms. The van der Waals surface area contributed by atoms with Crippen LogP contribution in [0.25, 0.3) is 10.9 Å². The third-order valence-corrected chi connectivity index (χ3v) is 5.65. The van der Waals surface area contributed by atoms with Crippen LogP contribution in [0.1, 0.15) is 30.0 Å². The van der Waals surface area contributed by atoms with Crippen LogP contribution in [0, 0.1) is 11.3 Å². The molecule has 0 amide bonds. The minimum atomic E-state index is -4.03. The lowest BCUT2D eigenvalue weighted by Crippen LogP contribution is -2.13. The molecular weight excluding hydrogens is 352 g/mol. The summed E-state index contributed by atoms with van der Waals surface area (Å²) >= 11 is 6.13. The van der Waals surface area contributed by atoms with E-state index in [4.69, 9.17) is 21.4 Å². The molecule has 0 spiro atoms. The van der Waals surface area contributed by atoms with Crippen LogP contribution in [0.4, 0.5) is 5.69 Å². The van der Waals surface area contributed by atoms with E-state index < -0.39 is 15.1 Å². The maximum absolute atomic E-state index is 12.6. The molecule has 2 aromatic heterocycles. The largest absolute Gasteiger partial charge is 0.358 e. The second-order valence-corrected chi connectivity index (χ2v) is 7.55. The molecule has 7 nitrogen and oxygen atoms in total. The molecule has 122 valence electrons. The first-order chi connectivity index (χ1) is 11.5. The monoisotopic (exact) mass is 362 g/mol. The first kappa shape index (κ1) is 15.1. The second-order valence-electron chi connectivity index (χ2n) is 5.59. The molecule has 2 heterocycles. The highest BCUT2D eigenvalue weighted by atomic mass is 35.5. The highest BCUT2D eigenvalue weighted by molar-refractivity contribution is 7.92. The van der Waals surface area contributed by atoms with Crippen LogP contribution in [-0.2, 0) is 10.0 Å². The molecule has 0 atom stereocenters. The van der Waals surface area contributed by atoms with Crippen LogP contribution in [0.15, 0.2) is 34.0 Å². The van der Waals surface area contributed by atoms with Crippen LogP contribution in [-0.4, -0.2) is 18.6 Å². The van der Waals surface area contributed by atoms with E-state index in [1.54, 1.807) is 18.2 Å². The number of halogens is 1. The third-order valence-electron chi connectivity index (χ3n) is 3.92. The van der Waals surface area contributed by atoms with Gasteiger partial charge < -0.3 is 9.51 Å². The Morgan fingerprint density at radius 3 is 2.92 bits per heavy atom. The van der Waals surface area contributed by atoms with Crippen LogP contribution >= 0.6 is 11.6 Å². The van der Waals surface area contributed by atoms with E-state index >= 15 is 0 Å². The fraction of sp³-hybridized carbons (Fsp3) is 0.200. The Morgan fingerprint density at radius 2 is 2.21 bits per heavy atom. The standard InChI is InChI=1S/C15H11ClN4O3S/c16-12-13(8-4-5-8)19-23-15(12)24(21,22)20-11-3-1-2-10-9(6-17)7-18-14(10)11/h1-3,7-8,18,20H,4-5H2.